The van der Waals surface area contributed by atoms with Crippen LogP contribution in [0.1, 0.15) is 28.9 Å². The Labute approximate surface area is 159 Å². The highest BCUT2D eigenvalue weighted by Gasteiger charge is 2.22. The van der Waals surface area contributed by atoms with Crippen LogP contribution < -0.4 is 10.2 Å². The third-order valence-electron chi connectivity index (χ3n) is 4.39. The van der Waals surface area contributed by atoms with E-state index in [1.54, 1.807) is 23.1 Å². The summed E-state index contributed by atoms with van der Waals surface area (Å²) in [6.07, 6.45) is 5.24. The number of pyridine rings is 1. The lowest BCUT2D eigenvalue weighted by molar-refractivity contribution is -0.117. The van der Waals surface area contributed by atoms with E-state index in [2.05, 4.69) is 26.2 Å². The van der Waals surface area contributed by atoms with Crippen molar-refractivity contribution < 1.29 is 9.59 Å². The summed E-state index contributed by atoms with van der Waals surface area (Å²) in [6.45, 7) is 1.05. The Morgan fingerprint density at radius 1 is 1.23 bits per heavy atom. The molecule has 0 unspecified atom stereocenters. The van der Waals surface area contributed by atoms with Gasteiger partial charge in [-0.1, -0.05) is 6.07 Å². The third-order valence-corrected chi connectivity index (χ3v) is 4.86. The summed E-state index contributed by atoms with van der Waals surface area (Å²) in [6, 6.07) is 11.0. The summed E-state index contributed by atoms with van der Waals surface area (Å²) in [7, 11) is 0. The molecule has 3 aromatic rings. The van der Waals surface area contributed by atoms with Crippen LogP contribution in [-0.2, 0) is 11.3 Å². The summed E-state index contributed by atoms with van der Waals surface area (Å²) in [4.78, 5) is 30.6. The van der Waals surface area contributed by atoms with E-state index in [-0.39, 0.29) is 11.8 Å². The monoisotopic (exact) mass is 412 g/mol. The molecule has 1 saturated heterocycles. The number of carbonyl (C=O) groups is 2. The van der Waals surface area contributed by atoms with Gasteiger partial charge in [0.25, 0.3) is 5.91 Å². The van der Waals surface area contributed by atoms with Crippen molar-refractivity contribution in [1.29, 1.82) is 0 Å². The van der Waals surface area contributed by atoms with Gasteiger partial charge in [0.1, 0.15) is 5.65 Å². The van der Waals surface area contributed by atoms with Crippen molar-refractivity contribution in [1.82, 2.24) is 14.7 Å². The number of amides is 2. The van der Waals surface area contributed by atoms with Gasteiger partial charge in [-0.05, 0) is 52.7 Å². The number of fused-ring (bicyclic) bond motifs is 1. The number of aromatic nitrogens is 2. The summed E-state index contributed by atoms with van der Waals surface area (Å²) >= 11 is 3.43. The Balaban J connectivity index is 1.46. The molecule has 6 nitrogen and oxygen atoms in total. The fourth-order valence-electron chi connectivity index (χ4n) is 3.11. The van der Waals surface area contributed by atoms with Crippen molar-refractivity contribution in [2.45, 2.75) is 19.4 Å². The van der Waals surface area contributed by atoms with Crippen LogP contribution in [0.5, 0.6) is 0 Å². The van der Waals surface area contributed by atoms with Gasteiger partial charge >= 0.3 is 0 Å². The Morgan fingerprint density at radius 3 is 2.92 bits per heavy atom. The molecule has 0 spiro atoms. The van der Waals surface area contributed by atoms with Crippen LogP contribution in [0, 0.1) is 0 Å². The Morgan fingerprint density at radius 2 is 2.12 bits per heavy atom. The smallest absolute Gasteiger partial charge is 0.251 e. The first kappa shape index (κ1) is 16.8. The zero-order valence-corrected chi connectivity index (χ0v) is 15.6. The van der Waals surface area contributed by atoms with Gasteiger partial charge < -0.3 is 14.6 Å². The number of benzene rings is 1. The average molecular weight is 413 g/mol. The van der Waals surface area contributed by atoms with Gasteiger partial charge in [0.05, 0.1) is 12.2 Å². The first-order valence-corrected chi connectivity index (χ1v) is 9.21. The molecule has 1 fully saturated rings. The largest absolute Gasteiger partial charge is 0.346 e. The normalized spacial score (nSPS) is 14.2. The number of nitrogens with zero attached hydrogens (tertiary/aromatic N) is 3. The van der Waals surface area contributed by atoms with E-state index < -0.39 is 0 Å². The van der Waals surface area contributed by atoms with E-state index in [1.807, 2.05) is 35.0 Å². The molecule has 2 amide bonds. The molecule has 4 rings (SSSR count). The van der Waals surface area contributed by atoms with Crippen LogP contribution in [0.25, 0.3) is 5.65 Å². The summed E-state index contributed by atoms with van der Waals surface area (Å²) in [5.74, 6) is -0.0739. The number of anilines is 1. The standard InChI is InChI=1S/C19H17BrN4O2/c20-14-6-7-17-22-15(12-23(17)11-14)10-21-19(26)13-3-1-4-16(9-13)24-8-2-5-18(24)25/h1,3-4,6-7,9,11-12H,2,5,8,10H2,(H,21,26). The summed E-state index contributed by atoms with van der Waals surface area (Å²) in [5.41, 5.74) is 2.92. The van der Waals surface area contributed by atoms with E-state index in [1.165, 1.54) is 0 Å². The fraction of sp³-hybridized carbons (Fsp3) is 0.211. The van der Waals surface area contributed by atoms with Crippen LogP contribution in [0.15, 0.2) is 53.3 Å². The SMILES string of the molecule is O=C(NCc1cn2cc(Br)ccc2n1)c1cccc(N2CCCC2=O)c1. The van der Waals surface area contributed by atoms with E-state index >= 15 is 0 Å². The predicted octanol–water partition coefficient (Wildman–Crippen LogP) is 3.15. The van der Waals surface area contributed by atoms with E-state index in [9.17, 15) is 9.59 Å². The van der Waals surface area contributed by atoms with Gasteiger partial charge in [0.2, 0.25) is 5.91 Å². The summed E-state index contributed by atoms with van der Waals surface area (Å²) in [5, 5.41) is 2.89. The predicted molar refractivity (Wildman–Crippen MR) is 102 cm³/mol. The van der Waals surface area contributed by atoms with Crippen molar-refractivity contribution in [3.05, 3.63) is 64.5 Å². The van der Waals surface area contributed by atoms with Gasteiger partial charge in [-0.25, -0.2) is 4.98 Å². The highest BCUT2D eigenvalue weighted by Crippen LogP contribution is 2.22. The quantitative estimate of drug-likeness (QED) is 0.715. The maximum absolute atomic E-state index is 12.5. The molecule has 0 aliphatic carbocycles. The second kappa shape index (κ2) is 6.92. The second-order valence-corrected chi connectivity index (χ2v) is 7.14. The van der Waals surface area contributed by atoms with Crippen LogP contribution >= 0.6 is 15.9 Å². The lowest BCUT2D eigenvalue weighted by Crippen LogP contribution is -2.25. The molecule has 0 radical (unpaired) electrons. The maximum atomic E-state index is 12.5. The molecule has 0 atom stereocenters. The van der Waals surface area contributed by atoms with Gasteiger partial charge in [0, 0.05) is 41.1 Å². The molecule has 1 N–H and O–H groups in total. The minimum Gasteiger partial charge on any atom is -0.346 e. The van der Waals surface area contributed by atoms with Crippen molar-refractivity contribution in [2.75, 3.05) is 11.4 Å². The lowest BCUT2D eigenvalue weighted by atomic mass is 10.1. The van der Waals surface area contributed by atoms with Gasteiger partial charge in [0.15, 0.2) is 0 Å². The molecule has 0 bridgehead atoms. The molecular weight excluding hydrogens is 396 g/mol. The van der Waals surface area contributed by atoms with E-state index in [0.29, 0.717) is 25.1 Å². The molecule has 1 aliphatic heterocycles. The number of rotatable bonds is 4. The first-order valence-electron chi connectivity index (χ1n) is 8.42. The molecule has 3 heterocycles. The fourth-order valence-corrected chi connectivity index (χ4v) is 3.46. The first-order chi connectivity index (χ1) is 12.6. The Bertz CT molecular complexity index is 998. The zero-order valence-electron chi connectivity index (χ0n) is 14.0. The van der Waals surface area contributed by atoms with Crippen molar-refractivity contribution >= 4 is 39.1 Å². The van der Waals surface area contributed by atoms with Crippen LogP contribution in [0.4, 0.5) is 5.69 Å². The van der Waals surface area contributed by atoms with Crippen LogP contribution in [0.2, 0.25) is 0 Å². The average Bonchev–Trinajstić information content (AvgIpc) is 3.25. The molecule has 7 heteroatoms. The minimum absolute atomic E-state index is 0.110. The number of imidazole rings is 1. The van der Waals surface area contributed by atoms with E-state index in [0.717, 1.165) is 27.9 Å². The number of nitrogens with one attached hydrogen (secondary N) is 1. The number of hydrogen-bond donors (Lipinski definition) is 1. The summed E-state index contributed by atoms with van der Waals surface area (Å²) < 4.78 is 2.87. The van der Waals surface area contributed by atoms with Gasteiger partial charge in [-0.3, -0.25) is 9.59 Å². The van der Waals surface area contributed by atoms with E-state index in [4.69, 9.17) is 0 Å². The minimum atomic E-state index is -0.184. The highest BCUT2D eigenvalue weighted by atomic mass is 79.9. The highest BCUT2D eigenvalue weighted by molar-refractivity contribution is 9.10. The molecule has 1 aromatic carbocycles. The Kier molecular flexibility index (Phi) is 4.46. The number of hydrogen-bond acceptors (Lipinski definition) is 3. The van der Waals surface area contributed by atoms with Crippen molar-refractivity contribution in [3.63, 3.8) is 0 Å². The Hall–Kier alpha value is -2.67. The number of halogens is 1. The lowest BCUT2D eigenvalue weighted by Gasteiger charge is -2.16. The van der Waals surface area contributed by atoms with Crippen molar-refractivity contribution in [3.8, 4) is 0 Å². The molecule has 132 valence electrons. The van der Waals surface area contributed by atoms with Gasteiger partial charge in [-0.15, -0.1) is 0 Å². The molecule has 1 aliphatic rings. The molecule has 2 aromatic heterocycles. The van der Waals surface area contributed by atoms with Crippen LogP contribution in [0.3, 0.4) is 0 Å². The maximum Gasteiger partial charge on any atom is 0.251 e. The number of carbonyl (C=O) groups excluding carboxylic acids is 2. The molecule has 0 saturated carbocycles. The molecule has 26 heavy (non-hydrogen) atoms. The second-order valence-electron chi connectivity index (χ2n) is 6.23. The van der Waals surface area contributed by atoms with Gasteiger partial charge in [-0.2, -0.15) is 0 Å². The zero-order chi connectivity index (χ0) is 18.1. The van der Waals surface area contributed by atoms with Crippen molar-refractivity contribution in [2.24, 2.45) is 0 Å². The molecular formula is C19H17BrN4O2. The third kappa shape index (κ3) is 3.35. The topological polar surface area (TPSA) is 66.7 Å². The van der Waals surface area contributed by atoms with Crippen LogP contribution in [-0.4, -0.2) is 27.7 Å².